The molecule has 32 heavy (non-hydrogen) atoms. The van der Waals surface area contributed by atoms with Crippen molar-refractivity contribution in [1.82, 2.24) is 9.88 Å². The Labute approximate surface area is 189 Å². The third-order valence-corrected chi connectivity index (χ3v) is 7.83. The summed E-state index contributed by atoms with van der Waals surface area (Å²) in [6.45, 7) is 2.81. The van der Waals surface area contributed by atoms with Crippen molar-refractivity contribution in [3.63, 3.8) is 0 Å². The molecule has 1 aliphatic carbocycles. The largest absolute Gasteiger partial charge is 0.311 e. The number of fused-ring (bicyclic) bond motifs is 1. The van der Waals surface area contributed by atoms with Crippen molar-refractivity contribution in [2.75, 3.05) is 4.72 Å². The second-order valence-corrected chi connectivity index (χ2v) is 10.6. The van der Waals surface area contributed by atoms with Crippen LogP contribution in [0.25, 0.3) is 10.9 Å². The van der Waals surface area contributed by atoms with Gasteiger partial charge >= 0.3 is 0 Å². The minimum absolute atomic E-state index is 0.130. The lowest BCUT2D eigenvalue weighted by molar-refractivity contribution is 0.404. The van der Waals surface area contributed by atoms with Crippen molar-refractivity contribution in [1.29, 1.82) is 0 Å². The van der Waals surface area contributed by atoms with Crippen LogP contribution in [-0.2, 0) is 23.6 Å². The number of para-hydroxylation sites is 1. The van der Waals surface area contributed by atoms with E-state index in [0.29, 0.717) is 29.2 Å². The van der Waals surface area contributed by atoms with Crippen LogP contribution < -0.4 is 15.6 Å². The van der Waals surface area contributed by atoms with Crippen LogP contribution in [0.3, 0.4) is 0 Å². The molecular formula is C25H31N3O3S. The number of aromatic nitrogens is 1. The number of pyridine rings is 1. The van der Waals surface area contributed by atoms with E-state index >= 15 is 0 Å². The molecule has 0 unspecified atom stereocenters. The Morgan fingerprint density at radius 2 is 1.81 bits per heavy atom. The van der Waals surface area contributed by atoms with Crippen LogP contribution in [0.15, 0.2) is 64.3 Å². The Hall–Kier alpha value is -2.64. The Morgan fingerprint density at radius 1 is 1.06 bits per heavy atom. The van der Waals surface area contributed by atoms with Crippen LogP contribution in [0.4, 0.5) is 5.69 Å². The van der Waals surface area contributed by atoms with E-state index in [2.05, 4.69) is 17.0 Å². The van der Waals surface area contributed by atoms with Gasteiger partial charge in [-0.15, -0.1) is 0 Å². The van der Waals surface area contributed by atoms with Crippen molar-refractivity contribution >= 4 is 26.6 Å². The fourth-order valence-corrected chi connectivity index (χ4v) is 5.76. The van der Waals surface area contributed by atoms with Crippen molar-refractivity contribution in [2.45, 2.75) is 56.5 Å². The lowest BCUT2D eigenvalue weighted by atomic mass is 9.99. The third kappa shape index (κ3) is 5.05. The highest BCUT2D eigenvalue weighted by atomic mass is 32.2. The Balaban J connectivity index is 1.50. The molecule has 2 aromatic carbocycles. The first-order chi connectivity index (χ1) is 15.3. The Bertz CT molecular complexity index is 1260. The Morgan fingerprint density at radius 3 is 2.59 bits per heavy atom. The van der Waals surface area contributed by atoms with Gasteiger partial charge in [0, 0.05) is 25.7 Å². The molecule has 0 bridgehead atoms. The molecule has 1 heterocycles. The summed E-state index contributed by atoms with van der Waals surface area (Å²) >= 11 is 0. The van der Waals surface area contributed by atoms with E-state index in [4.69, 9.17) is 0 Å². The van der Waals surface area contributed by atoms with E-state index in [1.807, 2.05) is 18.2 Å². The number of aryl methyl sites for hydroxylation is 1. The summed E-state index contributed by atoms with van der Waals surface area (Å²) in [6.07, 6.45) is 6.48. The second kappa shape index (κ2) is 9.46. The molecule has 1 atom stereocenters. The molecule has 1 aromatic heterocycles. The molecular weight excluding hydrogens is 422 g/mol. The molecule has 0 radical (unpaired) electrons. The van der Waals surface area contributed by atoms with E-state index in [-0.39, 0.29) is 10.5 Å². The number of sulfonamides is 1. The van der Waals surface area contributed by atoms with E-state index in [0.717, 1.165) is 17.9 Å². The van der Waals surface area contributed by atoms with Crippen molar-refractivity contribution in [3.05, 3.63) is 70.5 Å². The van der Waals surface area contributed by atoms with E-state index in [1.54, 1.807) is 31.3 Å². The SMILES string of the molecule is C[C@@H](CC1CCCC1)NCc1ccccc1NS(=O)(=O)c1ccc2c(ccc(=O)n2C)c1. The normalized spacial score (nSPS) is 15.8. The van der Waals surface area contributed by atoms with Gasteiger partial charge in [0.25, 0.3) is 15.6 Å². The first-order valence-electron chi connectivity index (χ1n) is 11.3. The number of hydrogen-bond donors (Lipinski definition) is 2. The molecule has 4 rings (SSSR count). The van der Waals surface area contributed by atoms with Crippen molar-refractivity contribution in [2.24, 2.45) is 13.0 Å². The summed E-state index contributed by atoms with van der Waals surface area (Å²) in [7, 11) is -2.10. The van der Waals surface area contributed by atoms with Gasteiger partial charge in [-0.05, 0) is 60.5 Å². The zero-order valence-corrected chi connectivity index (χ0v) is 19.5. The number of hydrogen-bond acceptors (Lipinski definition) is 4. The highest BCUT2D eigenvalue weighted by Gasteiger charge is 2.19. The minimum atomic E-state index is -3.77. The van der Waals surface area contributed by atoms with Crippen LogP contribution >= 0.6 is 0 Å². The molecule has 170 valence electrons. The van der Waals surface area contributed by atoms with E-state index in [1.165, 1.54) is 42.4 Å². The van der Waals surface area contributed by atoms with E-state index in [9.17, 15) is 13.2 Å². The summed E-state index contributed by atoms with van der Waals surface area (Å²) in [5, 5.41) is 4.26. The second-order valence-electron chi connectivity index (χ2n) is 8.88. The lowest BCUT2D eigenvalue weighted by Gasteiger charge is -2.19. The smallest absolute Gasteiger partial charge is 0.261 e. The summed E-state index contributed by atoms with van der Waals surface area (Å²) in [5.41, 5.74) is 2.05. The molecule has 3 aromatic rings. The van der Waals surface area contributed by atoms with Gasteiger partial charge in [-0.1, -0.05) is 43.9 Å². The van der Waals surface area contributed by atoms with Gasteiger partial charge in [-0.2, -0.15) is 0 Å². The standard InChI is InChI=1S/C25H31N3O3S/c1-18(15-19-7-3-4-8-19)26-17-21-9-5-6-10-23(21)27-32(30,31)22-12-13-24-20(16-22)11-14-25(29)28(24)2/h5-6,9-14,16,18-19,26-27H,3-4,7-8,15,17H2,1-2H3/t18-/m0/s1. The van der Waals surface area contributed by atoms with Gasteiger partial charge in [0.2, 0.25) is 0 Å². The monoisotopic (exact) mass is 453 g/mol. The molecule has 0 amide bonds. The average Bonchev–Trinajstić information content (AvgIpc) is 3.28. The summed E-state index contributed by atoms with van der Waals surface area (Å²) in [6, 6.07) is 15.8. The number of benzene rings is 2. The summed E-state index contributed by atoms with van der Waals surface area (Å²) in [4.78, 5) is 12.0. The number of nitrogens with one attached hydrogen (secondary N) is 2. The highest BCUT2D eigenvalue weighted by molar-refractivity contribution is 7.92. The molecule has 2 N–H and O–H groups in total. The van der Waals surface area contributed by atoms with Crippen molar-refractivity contribution in [3.8, 4) is 0 Å². The van der Waals surface area contributed by atoms with E-state index < -0.39 is 10.0 Å². The van der Waals surface area contributed by atoms with Gasteiger partial charge in [0.05, 0.1) is 16.1 Å². The molecule has 6 nitrogen and oxygen atoms in total. The maximum Gasteiger partial charge on any atom is 0.261 e. The van der Waals surface area contributed by atoms with Gasteiger partial charge in [0.15, 0.2) is 0 Å². The maximum atomic E-state index is 13.1. The predicted molar refractivity (Wildman–Crippen MR) is 129 cm³/mol. The van der Waals surface area contributed by atoms with Gasteiger partial charge in [-0.3, -0.25) is 9.52 Å². The summed E-state index contributed by atoms with van der Waals surface area (Å²) in [5.74, 6) is 0.804. The number of anilines is 1. The zero-order chi connectivity index (χ0) is 22.7. The third-order valence-electron chi connectivity index (χ3n) is 6.47. The molecule has 0 spiro atoms. The highest BCUT2D eigenvalue weighted by Crippen LogP contribution is 2.29. The molecule has 1 saturated carbocycles. The molecule has 0 aliphatic heterocycles. The zero-order valence-electron chi connectivity index (χ0n) is 18.7. The maximum absolute atomic E-state index is 13.1. The number of rotatable bonds is 8. The van der Waals surface area contributed by atoms with Gasteiger partial charge < -0.3 is 9.88 Å². The average molecular weight is 454 g/mol. The van der Waals surface area contributed by atoms with Crippen LogP contribution in [0.2, 0.25) is 0 Å². The predicted octanol–water partition coefficient (Wildman–Crippen LogP) is 4.40. The number of nitrogens with zero attached hydrogens (tertiary/aromatic N) is 1. The van der Waals surface area contributed by atoms with Gasteiger partial charge in [0.1, 0.15) is 0 Å². The van der Waals surface area contributed by atoms with Crippen LogP contribution in [0.5, 0.6) is 0 Å². The molecule has 1 aliphatic rings. The quantitative estimate of drug-likeness (QED) is 0.530. The lowest BCUT2D eigenvalue weighted by Crippen LogP contribution is -2.28. The fraction of sp³-hybridized carbons (Fsp3) is 0.400. The topological polar surface area (TPSA) is 80.2 Å². The summed E-state index contributed by atoms with van der Waals surface area (Å²) < 4.78 is 30.5. The first kappa shape index (κ1) is 22.6. The Kier molecular flexibility index (Phi) is 6.67. The van der Waals surface area contributed by atoms with Crippen LogP contribution in [0.1, 0.15) is 44.6 Å². The van der Waals surface area contributed by atoms with Crippen LogP contribution in [0, 0.1) is 5.92 Å². The molecule has 1 fully saturated rings. The minimum Gasteiger partial charge on any atom is -0.311 e. The van der Waals surface area contributed by atoms with Crippen molar-refractivity contribution < 1.29 is 8.42 Å². The molecule has 0 saturated heterocycles. The first-order valence-corrected chi connectivity index (χ1v) is 12.8. The van der Waals surface area contributed by atoms with Gasteiger partial charge in [-0.25, -0.2) is 8.42 Å². The van der Waals surface area contributed by atoms with Crippen LogP contribution in [-0.4, -0.2) is 19.0 Å². The molecule has 7 heteroatoms. The fourth-order valence-electron chi connectivity index (χ4n) is 4.62.